The second-order valence-electron chi connectivity index (χ2n) is 5.41. The van der Waals surface area contributed by atoms with Crippen LogP contribution in [0.4, 0.5) is 5.69 Å². The van der Waals surface area contributed by atoms with Gasteiger partial charge in [0.15, 0.2) is 0 Å². The van der Waals surface area contributed by atoms with Gasteiger partial charge in [0, 0.05) is 37.9 Å². The van der Waals surface area contributed by atoms with E-state index in [1.165, 1.54) is 50.3 Å². The number of para-hydroxylation sites is 1. The summed E-state index contributed by atoms with van der Waals surface area (Å²) in [7, 11) is 0. The standard InChI is InChI=1S/C16H22N2/c1-14-6-2-5-9-16(14)18-12-10-17(11-13-18)15-7-3-4-8-15/h2-6,9,15H,7-8,10-13H2,1H3. The monoisotopic (exact) mass is 242 g/mol. The summed E-state index contributed by atoms with van der Waals surface area (Å²) in [6.07, 6.45) is 7.17. The predicted octanol–water partition coefficient (Wildman–Crippen LogP) is 2.84. The molecule has 1 heterocycles. The van der Waals surface area contributed by atoms with E-state index < -0.39 is 0 Å². The van der Waals surface area contributed by atoms with Crippen molar-refractivity contribution in [1.82, 2.24) is 4.90 Å². The second-order valence-corrected chi connectivity index (χ2v) is 5.41. The maximum Gasteiger partial charge on any atom is 0.0396 e. The SMILES string of the molecule is Cc1ccccc1N1CCN(C2CC=CC2)CC1. The summed E-state index contributed by atoms with van der Waals surface area (Å²) in [6.45, 7) is 6.96. The van der Waals surface area contributed by atoms with E-state index in [9.17, 15) is 0 Å². The molecule has 1 aromatic carbocycles. The summed E-state index contributed by atoms with van der Waals surface area (Å²) >= 11 is 0. The van der Waals surface area contributed by atoms with Crippen LogP contribution in [0.15, 0.2) is 36.4 Å². The fourth-order valence-electron chi connectivity index (χ4n) is 3.15. The van der Waals surface area contributed by atoms with Crippen LogP contribution in [0.1, 0.15) is 18.4 Å². The second kappa shape index (κ2) is 5.15. The van der Waals surface area contributed by atoms with Gasteiger partial charge in [-0.15, -0.1) is 0 Å². The maximum absolute atomic E-state index is 2.66. The van der Waals surface area contributed by atoms with Gasteiger partial charge in [-0.3, -0.25) is 4.90 Å². The molecule has 2 heteroatoms. The Kier molecular flexibility index (Phi) is 3.37. The van der Waals surface area contributed by atoms with Gasteiger partial charge in [-0.05, 0) is 31.4 Å². The molecule has 0 unspecified atom stereocenters. The van der Waals surface area contributed by atoms with Crippen LogP contribution in [0.3, 0.4) is 0 Å². The molecule has 1 fully saturated rings. The Morgan fingerprint density at radius 2 is 1.61 bits per heavy atom. The molecule has 18 heavy (non-hydrogen) atoms. The fourth-order valence-corrected chi connectivity index (χ4v) is 3.15. The summed E-state index contributed by atoms with van der Waals surface area (Å²) in [5.74, 6) is 0. The van der Waals surface area contributed by atoms with Gasteiger partial charge in [0.25, 0.3) is 0 Å². The molecule has 0 spiro atoms. The molecule has 0 N–H and O–H groups in total. The van der Waals surface area contributed by atoms with E-state index in [0.29, 0.717) is 0 Å². The van der Waals surface area contributed by atoms with Gasteiger partial charge >= 0.3 is 0 Å². The molecule has 0 atom stereocenters. The first-order chi connectivity index (χ1) is 8.84. The topological polar surface area (TPSA) is 6.48 Å². The molecular formula is C16H22N2. The zero-order valence-electron chi connectivity index (χ0n) is 11.2. The van der Waals surface area contributed by atoms with E-state index in [4.69, 9.17) is 0 Å². The van der Waals surface area contributed by atoms with Crippen molar-refractivity contribution in [3.63, 3.8) is 0 Å². The lowest BCUT2D eigenvalue weighted by molar-refractivity contribution is 0.192. The number of piperazine rings is 1. The highest BCUT2D eigenvalue weighted by Crippen LogP contribution is 2.23. The third kappa shape index (κ3) is 2.30. The first-order valence-corrected chi connectivity index (χ1v) is 7.04. The third-order valence-corrected chi connectivity index (χ3v) is 4.27. The van der Waals surface area contributed by atoms with E-state index in [2.05, 4.69) is 53.1 Å². The Balaban J connectivity index is 1.61. The van der Waals surface area contributed by atoms with Crippen molar-refractivity contribution < 1.29 is 0 Å². The summed E-state index contributed by atoms with van der Waals surface area (Å²) in [5, 5.41) is 0. The van der Waals surface area contributed by atoms with Crippen LogP contribution in [0, 0.1) is 6.92 Å². The molecule has 0 aromatic heterocycles. The smallest absolute Gasteiger partial charge is 0.0396 e. The van der Waals surface area contributed by atoms with Crippen LogP contribution in [0.5, 0.6) is 0 Å². The van der Waals surface area contributed by atoms with Gasteiger partial charge in [-0.2, -0.15) is 0 Å². The van der Waals surface area contributed by atoms with Crippen molar-refractivity contribution in [1.29, 1.82) is 0 Å². The van der Waals surface area contributed by atoms with Gasteiger partial charge in [-0.1, -0.05) is 30.4 Å². The molecular weight excluding hydrogens is 220 g/mol. The Bertz CT molecular complexity index is 422. The molecule has 0 amide bonds. The molecule has 1 aliphatic carbocycles. The van der Waals surface area contributed by atoms with Crippen LogP contribution in [-0.2, 0) is 0 Å². The van der Waals surface area contributed by atoms with Gasteiger partial charge in [0.2, 0.25) is 0 Å². The Labute approximate surface area is 110 Å². The summed E-state index contributed by atoms with van der Waals surface area (Å²) < 4.78 is 0. The molecule has 0 saturated carbocycles. The van der Waals surface area contributed by atoms with Gasteiger partial charge in [0.1, 0.15) is 0 Å². The van der Waals surface area contributed by atoms with E-state index >= 15 is 0 Å². The van der Waals surface area contributed by atoms with Crippen LogP contribution < -0.4 is 4.90 Å². The first kappa shape index (κ1) is 11.8. The average molecular weight is 242 g/mol. The average Bonchev–Trinajstić information content (AvgIpc) is 2.94. The van der Waals surface area contributed by atoms with Crippen molar-refractivity contribution in [3.8, 4) is 0 Å². The number of hydrogen-bond donors (Lipinski definition) is 0. The summed E-state index contributed by atoms with van der Waals surface area (Å²) in [4.78, 5) is 5.20. The number of nitrogens with zero attached hydrogens (tertiary/aromatic N) is 2. The van der Waals surface area contributed by atoms with Crippen molar-refractivity contribution in [2.75, 3.05) is 31.1 Å². The highest BCUT2D eigenvalue weighted by molar-refractivity contribution is 5.53. The lowest BCUT2D eigenvalue weighted by Crippen LogP contribution is -2.50. The van der Waals surface area contributed by atoms with Gasteiger partial charge in [-0.25, -0.2) is 0 Å². The molecule has 96 valence electrons. The molecule has 3 rings (SSSR count). The van der Waals surface area contributed by atoms with Gasteiger partial charge in [0.05, 0.1) is 0 Å². The zero-order chi connectivity index (χ0) is 12.4. The van der Waals surface area contributed by atoms with Crippen molar-refractivity contribution in [3.05, 3.63) is 42.0 Å². The molecule has 2 nitrogen and oxygen atoms in total. The van der Waals surface area contributed by atoms with E-state index in [1.807, 2.05) is 0 Å². The minimum Gasteiger partial charge on any atom is -0.369 e. The lowest BCUT2D eigenvalue weighted by atomic mass is 10.1. The van der Waals surface area contributed by atoms with E-state index in [-0.39, 0.29) is 0 Å². The molecule has 0 radical (unpaired) electrons. The van der Waals surface area contributed by atoms with Crippen molar-refractivity contribution in [2.24, 2.45) is 0 Å². The fraction of sp³-hybridized carbons (Fsp3) is 0.500. The Morgan fingerprint density at radius 3 is 2.28 bits per heavy atom. The molecule has 2 aliphatic rings. The number of aryl methyl sites for hydroxylation is 1. The van der Waals surface area contributed by atoms with E-state index in [0.717, 1.165) is 6.04 Å². The first-order valence-electron chi connectivity index (χ1n) is 7.04. The highest BCUT2D eigenvalue weighted by Gasteiger charge is 2.24. The molecule has 1 aliphatic heterocycles. The third-order valence-electron chi connectivity index (χ3n) is 4.27. The van der Waals surface area contributed by atoms with Gasteiger partial charge < -0.3 is 4.90 Å². The number of benzene rings is 1. The predicted molar refractivity (Wildman–Crippen MR) is 77.1 cm³/mol. The normalized spacial score (nSPS) is 21.7. The van der Waals surface area contributed by atoms with E-state index in [1.54, 1.807) is 0 Å². The molecule has 1 saturated heterocycles. The minimum absolute atomic E-state index is 0.782. The van der Waals surface area contributed by atoms with Crippen LogP contribution >= 0.6 is 0 Å². The van der Waals surface area contributed by atoms with Crippen molar-refractivity contribution in [2.45, 2.75) is 25.8 Å². The van der Waals surface area contributed by atoms with Crippen LogP contribution in [0.2, 0.25) is 0 Å². The lowest BCUT2D eigenvalue weighted by Gasteiger charge is -2.39. The minimum atomic E-state index is 0.782. The molecule has 0 bridgehead atoms. The molecule has 1 aromatic rings. The summed E-state index contributed by atoms with van der Waals surface area (Å²) in [6, 6.07) is 9.52. The summed E-state index contributed by atoms with van der Waals surface area (Å²) in [5.41, 5.74) is 2.81. The Morgan fingerprint density at radius 1 is 0.944 bits per heavy atom. The maximum atomic E-state index is 2.66. The zero-order valence-corrected chi connectivity index (χ0v) is 11.2. The quantitative estimate of drug-likeness (QED) is 0.736. The number of rotatable bonds is 2. The number of anilines is 1. The van der Waals surface area contributed by atoms with Crippen LogP contribution in [0.25, 0.3) is 0 Å². The largest absolute Gasteiger partial charge is 0.369 e. The number of hydrogen-bond acceptors (Lipinski definition) is 2. The van der Waals surface area contributed by atoms with Crippen LogP contribution in [-0.4, -0.2) is 37.1 Å². The van der Waals surface area contributed by atoms with Crippen molar-refractivity contribution >= 4 is 5.69 Å². The highest BCUT2D eigenvalue weighted by atomic mass is 15.3. The Hall–Kier alpha value is -1.28.